The third kappa shape index (κ3) is 4.95. The molecule has 0 bridgehead atoms. The molecular weight excluding hydrogens is 302 g/mol. The molecule has 1 heterocycles. The Kier molecular flexibility index (Phi) is 6.10. The largest absolute Gasteiger partial charge is 0.445 e. The number of ether oxygens (including phenoxy) is 1. The van der Waals surface area contributed by atoms with Crippen LogP contribution < -0.4 is 5.32 Å². The van der Waals surface area contributed by atoms with Gasteiger partial charge in [-0.3, -0.25) is 4.90 Å². The number of carbonyl (C=O) groups excluding carboxylic acids is 1. The molecule has 2 aliphatic rings. The maximum atomic E-state index is 12.1. The fraction of sp³-hybridized carbons (Fsp3) is 0.632. The summed E-state index contributed by atoms with van der Waals surface area (Å²) in [6.07, 6.45) is 4.25. The quantitative estimate of drug-likeness (QED) is 0.921. The van der Waals surface area contributed by atoms with Crippen LogP contribution in [0, 0.1) is 0 Å². The van der Waals surface area contributed by atoms with Gasteiger partial charge in [-0.1, -0.05) is 30.3 Å². The molecule has 5 heteroatoms. The van der Waals surface area contributed by atoms with Gasteiger partial charge in [0.2, 0.25) is 0 Å². The first kappa shape index (κ1) is 17.2. The van der Waals surface area contributed by atoms with E-state index >= 15 is 0 Å². The van der Waals surface area contributed by atoms with Crippen LogP contribution in [0.2, 0.25) is 0 Å². The van der Waals surface area contributed by atoms with Crippen molar-refractivity contribution in [3.05, 3.63) is 35.9 Å². The molecule has 0 radical (unpaired) electrons. The number of benzene rings is 1. The first-order valence-electron chi connectivity index (χ1n) is 9.10. The van der Waals surface area contributed by atoms with Crippen molar-refractivity contribution in [2.24, 2.45) is 0 Å². The van der Waals surface area contributed by atoms with E-state index in [1.807, 2.05) is 30.3 Å². The molecule has 0 spiro atoms. The average Bonchev–Trinajstić information content (AvgIpc) is 2.62. The standard InChI is InChI=1S/C19H29N3O2/c1-21-10-12-22(13-11-21)18-9-5-8-17(14-18)20-19(23)24-15-16-6-3-2-4-7-16/h2-4,6-7,17-18H,5,8-15H2,1H3,(H,20,23). The smallest absolute Gasteiger partial charge is 0.407 e. The van der Waals surface area contributed by atoms with Gasteiger partial charge in [0, 0.05) is 38.3 Å². The molecule has 132 valence electrons. The molecular formula is C19H29N3O2. The highest BCUT2D eigenvalue weighted by Gasteiger charge is 2.29. The number of carbonyl (C=O) groups is 1. The van der Waals surface area contributed by atoms with Crippen molar-refractivity contribution in [1.29, 1.82) is 0 Å². The minimum atomic E-state index is -0.289. The van der Waals surface area contributed by atoms with E-state index in [2.05, 4.69) is 22.2 Å². The van der Waals surface area contributed by atoms with E-state index in [1.54, 1.807) is 0 Å². The lowest BCUT2D eigenvalue weighted by Gasteiger charge is -2.41. The first-order valence-corrected chi connectivity index (χ1v) is 9.10. The molecule has 1 aromatic rings. The lowest BCUT2D eigenvalue weighted by molar-refractivity contribution is 0.0794. The number of hydrogen-bond donors (Lipinski definition) is 1. The Morgan fingerprint density at radius 2 is 1.92 bits per heavy atom. The molecule has 1 saturated heterocycles. The van der Waals surface area contributed by atoms with E-state index in [1.165, 1.54) is 12.8 Å². The van der Waals surface area contributed by atoms with Gasteiger partial charge in [0.25, 0.3) is 0 Å². The molecule has 1 N–H and O–H groups in total. The summed E-state index contributed by atoms with van der Waals surface area (Å²) in [6, 6.07) is 10.7. The minimum absolute atomic E-state index is 0.242. The Balaban J connectivity index is 1.42. The highest BCUT2D eigenvalue weighted by atomic mass is 16.5. The molecule has 3 rings (SSSR count). The van der Waals surface area contributed by atoms with Crippen molar-refractivity contribution >= 4 is 6.09 Å². The summed E-state index contributed by atoms with van der Waals surface area (Å²) in [7, 11) is 2.19. The second-order valence-corrected chi connectivity index (χ2v) is 7.06. The number of amides is 1. The van der Waals surface area contributed by atoms with Crippen molar-refractivity contribution in [3.8, 4) is 0 Å². The zero-order valence-electron chi connectivity index (χ0n) is 14.6. The van der Waals surface area contributed by atoms with Crippen LogP contribution in [0.25, 0.3) is 0 Å². The number of piperazine rings is 1. The third-order valence-electron chi connectivity index (χ3n) is 5.24. The van der Waals surface area contributed by atoms with Crippen molar-refractivity contribution in [2.75, 3.05) is 33.2 Å². The zero-order valence-corrected chi connectivity index (χ0v) is 14.6. The second kappa shape index (κ2) is 8.49. The molecule has 24 heavy (non-hydrogen) atoms. The van der Waals surface area contributed by atoms with Gasteiger partial charge in [0.1, 0.15) is 6.61 Å². The lowest BCUT2D eigenvalue weighted by Crippen LogP contribution is -2.52. The van der Waals surface area contributed by atoms with Crippen molar-refractivity contribution in [2.45, 2.75) is 44.4 Å². The molecule has 0 aromatic heterocycles. The zero-order chi connectivity index (χ0) is 16.8. The predicted molar refractivity (Wildman–Crippen MR) is 94.9 cm³/mol. The van der Waals surface area contributed by atoms with Gasteiger partial charge in [0.15, 0.2) is 0 Å². The van der Waals surface area contributed by atoms with Gasteiger partial charge in [-0.15, -0.1) is 0 Å². The normalized spacial score (nSPS) is 26.0. The average molecular weight is 331 g/mol. The molecule has 1 amide bonds. The number of alkyl carbamates (subject to hydrolysis) is 1. The van der Waals surface area contributed by atoms with Gasteiger partial charge in [-0.05, 0) is 38.3 Å². The third-order valence-corrected chi connectivity index (χ3v) is 5.24. The van der Waals surface area contributed by atoms with Crippen LogP contribution >= 0.6 is 0 Å². The maximum absolute atomic E-state index is 12.1. The summed E-state index contributed by atoms with van der Waals surface area (Å²) >= 11 is 0. The van der Waals surface area contributed by atoms with E-state index < -0.39 is 0 Å². The number of nitrogens with one attached hydrogen (secondary N) is 1. The monoisotopic (exact) mass is 331 g/mol. The number of likely N-dealkylation sites (N-methyl/N-ethyl adjacent to an activating group) is 1. The van der Waals surface area contributed by atoms with Gasteiger partial charge in [-0.2, -0.15) is 0 Å². The molecule has 2 atom stereocenters. The fourth-order valence-electron chi connectivity index (χ4n) is 3.75. The van der Waals surface area contributed by atoms with Crippen molar-refractivity contribution < 1.29 is 9.53 Å². The van der Waals surface area contributed by atoms with E-state index in [-0.39, 0.29) is 12.1 Å². The second-order valence-electron chi connectivity index (χ2n) is 7.06. The van der Waals surface area contributed by atoms with E-state index in [9.17, 15) is 4.79 Å². The minimum Gasteiger partial charge on any atom is -0.445 e. The van der Waals surface area contributed by atoms with Crippen molar-refractivity contribution in [3.63, 3.8) is 0 Å². The van der Waals surface area contributed by atoms with Crippen LogP contribution in [0.1, 0.15) is 31.2 Å². The van der Waals surface area contributed by atoms with Gasteiger partial charge >= 0.3 is 6.09 Å². The predicted octanol–water partition coefficient (Wildman–Crippen LogP) is 2.47. The molecule has 5 nitrogen and oxygen atoms in total. The van der Waals surface area contributed by atoms with Gasteiger partial charge in [0.05, 0.1) is 0 Å². The van der Waals surface area contributed by atoms with Gasteiger partial charge in [-0.25, -0.2) is 4.79 Å². The summed E-state index contributed by atoms with van der Waals surface area (Å²) in [5.41, 5.74) is 1.02. The van der Waals surface area contributed by atoms with Crippen LogP contribution in [0.5, 0.6) is 0 Å². The first-order chi connectivity index (χ1) is 11.7. The van der Waals surface area contributed by atoms with Crippen LogP contribution in [-0.2, 0) is 11.3 Å². The summed E-state index contributed by atoms with van der Waals surface area (Å²) in [4.78, 5) is 17.0. The van der Waals surface area contributed by atoms with E-state index in [0.29, 0.717) is 12.6 Å². The SMILES string of the molecule is CN1CCN(C2CCCC(NC(=O)OCc3ccccc3)C2)CC1. The highest BCUT2D eigenvalue weighted by Crippen LogP contribution is 2.24. The van der Waals surface area contributed by atoms with E-state index in [0.717, 1.165) is 44.6 Å². The Hall–Kier alpha value is -1.59. The van der Waals surface area contributed by atoms with Crippen molar-refractivity contribution in [1.82, 2.24) is 15.1 Å². The molecule has 1 aromatic carbocycles. The topological polar surface area (TPSA) is 44.8 Å². The number of rotatable bonds is 4. The fourth-order valence-corrected chi connectivity index (χ4v) is 3.75. The Bertz CT molecular complexity index is 515. The molecule has 1 aliphatic heterocycles. The molecule has 1 aliphatic carbocycles. The Morgan fingerprint density at radius 1 is 1.17 bits per heavy atom. The van der Waals surface area contributed by atoms with Crippen LogP contribution in [0.3, 0.4) is 0 Å². The van der Waals surface area contributed by atoms with Crippen LogP contribution in [-0.4, -0.2) is 61.2 Å². The van der Waals surface area contributed by atoms with Crippen LogP contribution in [0.4, 0.5) is 4.79 Å². The summed E-state index contributed by atoms with van der Waals surface area (Å²) < 4.78 is 5.36. The summed E-state index contributed by atoms with van der Waals surface area (Å²) in [5.74, 6) is 0. The van der Waals surface area contributed by atoms with E-state index in [4.69, 9.17) is 4.74 Å². The number of hydrogen-bond acceptors (Lipinski definition) is 4. The van der Waals surface area contributed by atoms with Gasteiger partial charge < -0.3 is 15.0 Å². The summed E-state index contributed by atoms with van der Waals surface area (Å²) in [6.45, 7) is 4.92. The number of nitrogens with zero attached hydrogens (tertiary/aromatic N) is 2. The maximum Gasteiger partial charge on any atom is 0.407 e. The Morgan fingerprint density at radius 3 is 2.67 bits per heavy atom. The molecule has 2 fully saturated rings. The highest BCUT2D eigenvalue weighted by molar-refractivity contribution is 5.67. The molecule has 1 saturated carbocycles. The van der Waals surface area contributed by atoms with Crippen LogP contribution in [0.15, 0.2) is 30.3 Å². The summed E-state index contributed by atoms with van der Waals surface area (Å²) in [5, 5.41) is 3.07. The lowest BCUT2D eigenvalue weighted by atomic mass is 9.89. The Labute approximate surface area is 145 Å². The molecule has 2 unspecified atom stereocenters.